The van der Waals surface area contributed by atoms with Gasteiger partial charge in [-0.2, -0.15) is 4.31 Å². The summed E-state index contributed by atoms with van der Waals surface area (Å²) in [5, 5.41) is 0. The molecule has 0 bridgehead atoms. The summed E-state index contributed by atoms with van der Waals surface area (Å²) in [5.74, 6) is 0.605. The van der Waals surface area contributed by atoms with Crippen LogP contribution in [0, 0.1) is 12.8 Å². The summed E-state index contributed by atoms with van der Waals surface area (Å²) in [6.45, 7) is 2.60. The van der Waals surface area contributed by atoms with Crippen molar-refractivity contribution >= 4 is 31.7 Å². The Bertz CT molecular complexity index is 933. The standard InChI is InChI=1S/C20H22BrNO4S/c1-14-3-8-19(18(21)13-14)27(24,25)22-11-9-16(10-12-22)20(23)15-4-6-17(26-2)7-5-15/h3-8,13,16H,9-12H2,1-2H3. The van der Waals surface area contributed by atoms with Gasteiger partial charge in [-0.15, -0.1) is 0 Å². The molecule has 5 nitrogen and oxygen atoms in total. The molecular weight excluding hydrogens is 430 g/mol. The van der Waals surface area contributed by atoms with E-state index < -0.39 is 10.0 Å². The summed E-state index contributed by atoms with van der Waals surface area (Å²) >= 11 is 3.36. The Morgan fingerprint density at radius 1 is 1.11 bits per heavy atom. The first-order valence-electron chi connectivity index (χ1n) is 8.77. The third-order valence-corrected chi connectivity index (χ3v) is 7.78. The molecule has 1 saturated heterocycles. The van der Waals surface area contributed by atoms with Gasteiger partial charge in [-0.25, -0.2) is 8.42 Å². The van der Waals surface area contributed by atoms with Crippen LogP contribution in [0.2, 0.25) is 0 Å². The van der Waals surface area contributed by atoms with Crippen LogP contribution in [0.3, 0.4) is 0 Å². The minimum atomic E-state index is -3.57. The molecule has 0 radical (unpaired) electrons. The smallest absolute Gasteiger partial charge is 0.244 e. The van der Waals surface area contributed by atoms with E-state index in [-0.39, 0.29) is 16.6 Å². The average Bonchev–Trinajstić information content (AvgIpc) is 2.67. The molecule has 2 aromatic carbocycles. The van der Waals surface area contributed by atoms with Gasteiger partial charge in [-0.05, 0) is 77.7 Å². The van der Waals surface area contributed by atoms with Gasteiger partial charge in [0.2, 0.25) is 10.0 Å². The number of hydrogen-bond donors (Lipinski definition) is 0. The number of ether oxygens (including phenoxy) is 1. The van der Waals surface area contributed by atoms with E-state index in [0.29, 0.717) is 41.7 Å². The highest BCUT2D eigenvalue weighted by molar-refractivity contribution is 9.10. The zero-order valence-electron chi connectivity index (χ0n) is 15.3. The van der Waals surface area contributed by atoms with E-state index in [4.69, 9.17) is 4.74 Å². The van der Waals surface area contributed by atoms with Crippen molar-refractivity contribution in [3.05, 3.63) is 58.1 Å². The van der Waals surface area contributed by atoms with E-state index in [1.54, 1.807) is 49.6 Å². The Hall–Kier alpha value is -1.70. The number of carbonyl (C=O) groups excluding carboxylic acids is 1. The van der Waals surface area contributed by atoms with Crippen LogP contribution in [0.15, 0.2) is 51.8 Å². The lowest BCUT2D eigenvalue weighted by Gasteiger charge is -2.30. The molecule has 27 heavy (non-hydrogen) atoms. The summed E-state index contributed by atoms with van der Waals surface area (Å²) in [4.78, 5) is 13.0. The van der Waals surface area contributed by atoms with E-state index >= 15 is 0 Å². The Morgan fingerprint density at radius 3 is 2.30 bits per heavy atom. The SMILES string of the molecule is COc1ccc(C(=O)C2CCN(S(=O)(=O)c3ccc(C)cc3Br)CC2)cc1. The highest BCUT2D eigenvalue weighted by Gasteiger charge is 2.33. The van der Waals surface area contributed by atoms with Crippen LogP contribution in [-0.2, 0) is 10.0 Å². The molecule has 0 N–H and O–H groups in total. The zero-order valence-corrected chi connectivity index (χ0v) is 17.7. The zero-order chi connectivity index (χ0) is 19.6. The molecule has 7 heteroatoms. The van der Waals surface area contributed by atoms with Crippen molar-refractivity contribution in [3.63, 3.8) is 0 Å². The van der Waals surface area contributed by atoms with Gasteiger partial charge in [0.15, 0.2) is 5.78 Å². The number of rotatable bonds is 5. The van der Waals surface area contributed by atoms with Crippen molar-refractivity contribution in [1.29, 1.82) is 0 Å². The van der Waals surface area contributed by atoms with Gasteiger partial charge in [0.05, 0.1) is 12.0 Å². The molecule has 3 rings (SSSR count). The first kappa shape index (κ1) is 20.0. The molecule has 1 heterocycles. The molecule has 0 unspecified atom stereocenters. The van der Waals surface area contributed by atoms with Crippen molar-refractivity contribution in [1.82, 2.24) is 4.31 Å². The van der Waals surface area contributed by atoms with Gasteiger partial charge in [0.25, 0.3) is 0 Å². The maximum atomic E-state index is 12.9. The number of hydrogen-bond acceptors (Lipinski definition) is 4. The lowest BCUT2D eigenvalue weighted by Crippen LogP contribution is -2.40. The molecule has 0 spiro atoms. The molecule has 0 atom stereocenters. The van der Waals surface area contributed by atoms with Crippen molar-refractivity contribution in [2.45, 2.75) is 24.7 Å². The quantitative estimate of drug-likeness (QED) is 0.643. The third kappa shape index (κ3) is 4.25. The van der Waals surface area contributed by atoms with E-state index in [1.807, 2.05) is 6.92 Å². The Kier molecular flexibility index (Phi) is 6.03. The third-order valence-electron chi connectivity index (χ3n) is 4.90. The molecule has 144 valence electrons. The van der Waals surface area contributed by atoms with Crippen molar-refractivity contribution in [3.8, 4) is 5.75 Å². The van der Waals surface area contributed by atoms with Gasteiger partial charge in [-0.1, -0.05) is 6.07 Å². The normalized spacial score (nSPS) is 16.3. The Morgan fingerprint density at radius 2 is 1.74 bits per heavy atom. The van der Waals surface area contributed by atoms with Gasteiger partial charge in [0.1, 0.15) is 5.75 Å². The maximum absolute atomic E-state index is 12.9. The van der Waals surface area contributed by atoms with Gasteiger partial charge in [0, 0.05) is 29.0 Å². The molecule has 0 amide bonds. The molecule has 1 aliphatic heterocycles. The topological polar surface area (TPSA) is 63.7 Å². The number of Topliss-reactive ketones (excluding diaryl/α,β-unsaturated/α-hetero) is 1. The van der Waals surface area contributed by atoms with E-state index in [0.717, 1.165) is 5.56 Å². The number of methoxy groups -OCH3 is 1. The summed E-state index contributed by atoms with van der Waals surface area (Å²) < 4.78 is 33.0. The highest BCUT2D eigenvalue weighted by Crippen LogP contribution is 2.30. The van der Waals surface area contributed by atoms with Crippen molar-refractivity contribution in [2.75, 3.05) is 20.2 Å². The predicted octanol–water partition coefficient (Wildman–Crippen LogP) is 4.05. The lowest BCUT2D eigenvalue weighted by atomic mass is 9.89. The minimum absolute atomic E-state index is 0.0613. The fourth-order valence-corrected chi connectivity index (χ4v) is 5.93. The van der Waals surface area contributed by atoms with Crippen LogP contribution in [0.25, 0.3) is 0 Å². The summed E-state index contributed by atoms with van der Waals surface area (Å²) in [6.07, 6.45) is 1.04. The maximum Gasteiger partial charge on any atom is 0.244 e. The second-order valence-corrected chi connectivity index (χ2v) is 9.47. The Balaban J connectivity index is 1.69. The number of aryl methyl sites for hydroxylation is 1. The average molecular weight is 452 g/mol. The van der Waals surface area contributed by atoms with Gasteiger partial charge in [-0.3, -0.25) is 4.79 Å². The van der Waals surface area contributed by atoms with Crippen LogP contribution >= 0.6 is 15.9 Å². The van der Waals surface area contributed by atoms with E-state index in [2.05, 4.69) is 15.9 Å². The second-order valence-electron chi connectivity index (χ2n) is 6.70. The number of ketones is 1. The Labute approximate surface area is 168 Å². The first-order valence-corrected chi connectivity index (χ1v) is 11.0. The number of carbonyl (C=O) groups is 1. The second kappa shape index (κ2) is 8.12. The molecule has 0 saturated carbocycles. The number of benzene rings is 2. The first-order chi connectivity index (χ1) is 12.8. The van der Waals surface area contributed by atoms with Crippen LogP contribution in [0.1, 0.15) is 28.8 Å². The van der Waals surface area contributed by atoms with Gasteiger partial charge < -0.3 is 4.74 Å². The fraction of sp³-hybridized carbons (Fsp3) is 0.350. The van der Waals surface area contributed by atoms with Gasteiger partial charge >= 0.3 is 0 Å². The monoisotopic (exact) mass is 451 g/mol. The molecule has 2 aromatic rings. The lowest BCUT2D eigenvalue weighted by molar-refractivity contribution is 0.0875. The summed E-state index contributed by atoms with van der Waals surface area (Å²) in [6, 6.07) is 12.3. The molecule has 1 aliphatic rings. The summed E-state index contributed by atoms with van der Waals surface area (Å²) in [5.41, 5.74) is 1.63. The van der Waals surface area contributed by atoms with Crippen LogP contribution in [-0.4, -0.2) is 38.7 Å². The van der Waals surface area contributed by atoms with E-state index in [9.17, 15) is 13.2 Å². The summed E-state index contributed by atoms with van der Waals surface area (Å²) in [7, 11) is -1.99. The van der Waals surface area contributed by atoms with Crippen LogP contribution in [0.4, 0.5) is 0 Å². The number of sulfonamides is 1. The number of piperidine rings is 1. The van der Waals surface area contributed by atoms with Crippen molar-refractivity contribution in [2.24, 2.45) is 5.92 Å². The minimum Gasteiger partial charge on any atom is -0.497 e. The van der Waals surface area contributed by atoms with Crippen molar-refractivity contribution < 1.29 is 17.9 Å². The molecule has 0 aromatic heterocycles. The largest absolute Gasteiger partial charge is 0.497 e. The number of nitrogens with zero attached hydrogens (tertiary/aromatic N) is 1. The van der Waals surface area contributed by atoms with Crippen LogP contribution < -0.4 is 4.74 Å². The van der Waals surface area contributed by atoms with E-state index in [1.165, 1.54) is 4.31 Å². The molecular formula is C20H22BrNO4S. The van der Waals surface area contributed by atoms with Crippen LogP contribution in [0.5, 0.6) is 5.75 Å². The molecule has 1 fully saturated rings. The predicted molar refractivity (Wildman–Crippen MR) is 108 cm³/mol. The fourth-order valence-electron chi connectivity index (χ4n) is 3.30. The molecule has 0 aliphatic carbocycles. The highest BCUT2D eigenvalue weighted by atomic mass is 79.9. The number of halogens is 1.